The fraction of sp³-hybridized carbons (Fsp3) is 0.500. The lowest BCUT2D eigenvalue weighted by Crippen LogP contribution is -2.46. The van der Waals surface area contributed by atoms with E-state index in [-0.39, 0.29) is 0 Å². The highest BCUT2D eigenvalue weighted by Gasteiger charge is 2.22. The van der Waals surface area contributed by atoms with Gasteiger partial charge in [0.2, 0.25) is 0 Å². The molecular weight excluding hydrogens is 412 g/mol. The van der Waals surface area contributed by atoms with Crippen molar-refractivity contribution in [1.29, 1.82) is 0 Å². The van der Waals surface area contributed by atoms with E-state index in [0.29, 0.717) is 5.78 Å². The third-order valence-electron chi connectivity index (χ3n) is 6.20. The van der Waals surface area contributed by atoms with Crippen molar-refractivity contribution in [1.82, 2.24) is 29.4 Å². The van der Waals surface area contributed by atoms with E-state index < -0.39 is 0 Å². The first-order chi connectivity index (χ1) is 15.0. The number of hydrogen-bond acceptors (Lipinski definition) is 7. The lowest BCUT2D eigenvalue weighted by atomic mass is 10.2. The number of rotatable bonds is 4. The highest BCUT2D eigenvalue weighted by molar-refractivity contribution is 6.30. The maximum Gasteiger partial charge on any atom is 0.254 e. The van der Waals surface area contributed by atoms with Crippen LogP contribution in [0.1, 0.15) is 11.5 Å². The van der Waals surface area contributed by atoms with Crippen LogP contribution in [-0.4, -0.2) is 88.8 Å². The molecule has 0 unspecified atom stereocenters. The molecule has 0 atom stereocenters. The predicted molar refractivity (Wildman–Crippen MR) is 124 cm³/mol. The highest BCUT2D eigenvalue weighted by atomic mass is 35.5. The quantitative estimate of drug-likeness (QED) is 0.616. The van der Waals surface area contributed by atoms with Crippen molar-refractivity contribution in [3.63, 3.8) is 0 Å². The molecule has 164 valence electrons. The van der Waals surface area contributed by atoms with E-state index in [2.05, 4.69) is 43.8 Å². The van der Waals surface area contributed by atoms with E-state index in [1.807, 2.05) is 29.6 Å². The van der Waals surface area contributed by atoms with Gasteiger partial charge in [0.05, 0.1) is 6.54 Å². The third kappa shape index (κ3) is 4.46. The zero-order valence-corrected chi connectivity index (χ0v) is 19.0. The Hall–Kier alpha value is -2.42. The molecule has 9 heteroatoms. The van der Waals surface area contributed by atoms with Gasteiger partial charge in [-0.3, -0.25) is 4.90 Å². The van der Waals surface area contributed by atoms with Gasteiger partial charge in [0.25, 0.3) is 5.78 Å². The molecule has 1 aromatic carbocycles. The Kier molecular flexibility index (Phi) is 5.69. The van der Waals surface area contributed by atoms with Crippen molar-refractivity contribution in [2.24, 2.45) is 0 Å². The summed E-state index contributed by atoms with van der Waals surface area (Å²) in [5.41, 5.74) is 2.17. The Morgan fingerprint density at radius 1 is 0.903 bits per heavy atom. The third-order valence-corrected chi connectivity index (χ3v) is 6.44. The minimum Gasteiger partial charge on any atom is -0.369 e. The predicted octanol–water partition coefficient (Wildman–Crippen LogP) is 2.16. The summed E-state index contributed by atoms with van der Waals surface area (Å²) in [7, 11) is 2.17. The number of aryl methyl sites for hydroxylation is 1. The number of halogens is 1. The molecule has 0 aliphatic carbocycles. The molecule has 8 nitrogen and oxygen atoms in total. The number of piperazine rings is 2. The lowest BCUT2D eigenvalue weighted by Gasteiger charge is -2.35. The molecule has 0 saturated carbocycles. The van der Waals surface area contributed by atoms with Crippen LogP contribution >= 0.6 is 11.6 Å². The van der Waals surface area contributed by atoms with Crippen LogP contribution in [0.15, 0.2) is 30.3 Å². The first-order valence-electron chi connectivity index (χ1n) is 10.9. The number of likely N-dealkylation sites (N-methyl/N-ethyl adjacent to an activating group) is 1. The summed E-state index contributed by atoms with van der Waals surface area (Å²) in [4.78, 5) is 18.9. The Bertz CT molecular complexity index is 1050. The van der Waals surface area contributed by atoms with Gasteiger partial charge in [-0.2, -0.15) is 9.50 Å². The summed E-state index contributed by atoms with van der Waals surface area (Å²) < 4.78 is 1.93. The SMILES string of the molecule is Cc1cc(N2CCN(C)CC2)n2nc(CN3CCN(c4cccc(Cl)c4)CC3)nc2n1. The number of anilines is 2. The second-order valence-electron chi connectivity index (χ2n) is 8.53. The van der Waals surface area contributed by atoms with Gasteiger partial charge in [-0.15, -0.1) is 5.10 Å². The summed E-state index contributed by atoms with van der Waals surface area (Å²) in [5, 5.41) is 5.63. The maximum atomic E-state index is 6.16. The van der Waals surface area contributed by atoms with Crippen LogP contribution in [0.5, 0.6) is 0 Å². The van der Waals surface area contributed by atoms with E-state index in [1.165, 1.54) is 5.69 Å². The van der Waals surface area contributed by atoms with Gasteiger partial charge in [-0.1, -0.05) is 17.7 Å². The topological polar surface area (TPSA) is 56.0 Å². The molecule has 3 aromatic rings. The summed E-state index contributed by atoms with van der Waals surface area (Å²) >= 11 is 6.16. The molecule has 2 aromatic heterocycles. The summed E-state index contributed by atoms with van der Waals surface area (Å²) in [6.07, 6.45) is 0. The van der Waals surface area contributed by atoms with Crippen LogP contribution in [0.3, 0.4) is 0 Å². The number of benzene rings is 1. The molecular formula is C22H29ClN8. The number of aromatic nitrogens is 4. The largest absolute Gasteiger partial charge is 0.369 e. The van der Waals surface area contributed by atoms with Crippen LogP contribution in [0, 0.1) is 6.92 Å². The van der Waals surface area contributed by atoms with Crippen molar-refractivity contribution in [2.45, 2.75) is 13.5 Å². The van der Waals surface area contributed by atoms with Crippen molar-refractivity contribution in [3.8, 4) is 0 Å². The lowest BCUT2D eigenvalue weighted by molar-refractivity contribution is 0.244. The normalized spacial score (nSPS) is 18.8. The van der Waals surface area contributed by atoms with E-state index in [1.54, 1.807) is 0 Å². The van der Waals surface area contributed by atoms with Gasteiger partial charge in [-0.25, -0.2) is 4.98 Å². The zero-order chi connectivity index (χ0) is 21.4. The minimum atomic E-state index is 0.696. The first-order valence-corrected chi connectivity index (χ1v) is 11.3. The fourth-order valence-electron chi connectivity index (χ4n) is 4.37. The van der Waals surface area contributed by atoms with Crippen molar-refractivity contribution < 1.29 is 0 Å². The molecule has 0 bridgehead atoms. The fourth-order valence-corrected chi connectivity index (χ4v) is 4.56. The smallest absolute Gasteiger partial charge is 0.254 e. The molecule has 2 aliphatic heterocycles. The van der Waals surface area contributed by atoms with Crippen LogP contribution in [0.4, 0.5) is 11.5 Å². The Morgan fingerprint density at radius 3 is 2.39 bits per heavy atom. The van der Waals surface area contributed by atoms with Crippen molar-refractivity contribution in [3.05, 3.63) is 46.9 Å². The molecule has 5 rings (SSSR count). The van der Waals surface area contributed by atoms with Crippen LogP contribution in [-0.2, 0) is 6.54 Å². The first kappa shape index (κ1) is 20.5. The second-order valence-corrected chi connectivity index (χ2v) is 8.97. The highest BCUT2D eigenvalue weighted by Crippen LogP contribution is 2.22. The maximum absolute atomic E-state index is 6.16. The summed E-state index contributed by atoms with van der Waals surface area (Å²) in [6.45, 7) is 10.8. The number of hydrogen-bond donors (Lipinski definition) is 0. The molecule has 2 fully saturated rings. The van der Waals surface area contributed by atoms with Gasteiger partial charge in [0.15, 0.2) is 5.82 Å². The van der Waals surface area contributed by atoms with Gasteiger partial charge in [-0.05, 0) is 32.2 Å². The van der Waals surface area contributed by atoms with Crippen LogP contribution in [0.25, 0.3) is 5.78 Å². The van der Waals surface area contributed by atoms with E-state index in [4.69, 9.17) is 21.7 Å². The molecule has 0 amide bonds. The summed E-state index contributed by atoms with van der Waals surface area (Å²) in [6, 6.07) is 10.2. The molecule has 0 spiro atoms. The number of nitrogens with zero attached hydrogens (tertiary/aromatic N) is 8. The average Bonchev–Trinajstić information content (AvgIpc) is 3.16. The van der Waals surface area contributed by atoms with Gasteiger partial charge < -0.3 is 14.7 Å². The van der Waals surface area contributed by atoms with Gasteiger partial charge >= 0.3 is 0 Å². The molecule has 2 saturated heterocycles. The molecule has 0 N–H and O–H groups in total. The Labute approximate surface area is 188 Å². The molecule has 0 radical (unpaired) electrons. The molecule has 2 aliphatic rings. The van der Waals surface area contributed by atoms with Crippen molar-refractivity contribution >= 4 is 28.9 Å². The zero-order valence-electron chi connectivity index (χ0n) is 18.2. The van der Waals surface area contributed by atoms with Crippen molar-refractivity contribution in [2.75, 3.05) is 69.2 Å². The average molecular weight is 441 g/mol. The van der Waals surface area contributed by atoms with Gasteiger partial charge in [0.1, 0.15) is 5.82 Å². The Balaban J connectivity index is 1.29. The monoisotopic (exact) mass is 440 g/mol. The van der Waals surface area contributed by atoms with E-state index in [0.717, 1.165) is 81.3 Å². The Morgan fingerprint density at radius 2 is 1.65 bits per heavy atom. The van der Waals surface area contributed by atoms with E-state index in [9.17, 15) is 0 Å². The number of fused-ring (bicyclic) bond motifs is 1. The molecule has 31 heavy (non-hydrogen) atoms. The second kappa shape index (κ2) is 8.61. The van der Waals surface area contributed by atoms with Crippen LogP contribution < -0.4 is 9.80 Å². The minimum absolute atomic E-state index is 0.696. The molecule has 4 heterocycles. The standard InChI is InChI=1S/C22H29ClN8/c1-17-14-21(30-10-6-27(2)7-11-30)31-22(24-17)25-20(26-31)16-28-8-12-29(13-9-28)19-5-3-4-18(23)15-19/h3-5,14-15H,6-13,16H2,1-2H3. The summed E-state index contributed by atoms with van der Waals surface area (Å²) in [5.74, 6) is 2.63. The van der Waals surface area contributed by atoms with Crippen LogP contribution in [0.2, 0.25) is 5.02 Å². The van der Waals surface area contributed by atoms with Gasteiger partial charge in [0, 0.05) is 74.8 Å². The van der Waals surface area contributed by atoms with E-state index >= 15 is 0 Å².